The Bertz CT molecular complexity index is 769. The van der Waals surface area contributed by atoms with E-state index in [0.717, 1.165) is 18.4 Å². The molecule has 0 bridgehead atoms. The molecule has 132 valence electrons. The van der Waals surface area contributed by atoms with Gasteiger partial charge >= 0.3 is 0 Å². The van der Waals surface area contributed by atoms with Crippen LogP contribution in [0.15, 0.2) is 32.4 Å². The van der Waals surface area contributed by atoms with Crippen molar-refractivity contribution in [2.45, 2.75) is 12.8 Å². The Morgan fingerprint density at radius 3 is 2.92 bits per heavy atom. The Hall–Kier alpha value is -1.95. The van der Waals surface area contributed by atoms with Gasteiger partial charge in [0.2, 0.25) is 5.82 Å². The highest BCUT2D eigenvalue weighted by atomic mass is 35.5. The van der Waals surface area contributed by atoms with Crippen molar-refractivity contribution in [1.29, 1.82) is 0 Å². The van der Waals surface area contributed by atoms with Gasteiger partial charge in [-0.1, -0.05) is 17.7 Å². The largest absolute Gasteiger partial charge is 0.382 e. The maximum absolute atomic E-state index is 10.8. The molecule has 0 saturated heterocycles. The number of amidine groups is 1. The van der Waals surface area contributed by atoms with Crippen LogP contribution in [0.2, 0.25) is 0 Å². The summed E-state index contributed by atoms with van der Waals surface area (Å²) < 4.78 is 28.3. The summed E-state index contributed by atoms with van der Waals surface area (Å²) >= 11 is 5.95. The summed E-state index contributed by atoms with van der Waals surface area (Å²) in [6.45, 7) is 0.686. The first-order chi connectivity index (χ1) is 11.3. The number of nitrogens with zero attached hydrogens (tertiary/aromatic N) is 3. The minimum atomic E-state index is -3.74. The second-order valence-corrected chi connectivity index (χ2v) is 6.77. The normalized spacial score (nSPS) is 15.8. The Morgan fingerprint density at radius 1 is 1.42 bits per heavy atom. The molecule has 0 spiro atoms. The topological polar surface area (TPSA) is 162 Å². The van der Waals surface area contributed by atoms with Crippen LogP contribution in [0.1, 0.15) is 18.5 Å². The van der Waals surface area contributed by atoms with E-state index in [-0.39, 0.29) is 30.4 Å². The minimum Gasteiger partial charge on any atom is -0.382 e. The maximum atomic E-state index is 10.8. The molecular weight excluding hydrogens is 358 g/mol. The van der Waals surface area contributed by atoms with Crippen LogP contribution in [0.3, 0.4) is 0 Å². The second kappa shape index (κ2) is 8.24. The third-order valence-electron chi connectivity index (χ3n) is 3.05. The van der Waals surface area contributed by atoms with E-state index in [9.17, 15) is 8.42 Å². The van der Waals surface area contributed by atoms with Gasteiger partial charge in [-0.05, 0) is 34.8 Å². The second-order valence-electron chi connectivity index (χ2n) is 4.96. The molecule has 0 unspecified atom stereocenters. The van der Waals surface area contributed by atoms with E-state index < -0.39 is 10.2 Å². The van der Waals surface area contributed by atoms with Crippen LogP contribution in [-0.2, 0) is 10.2 Å². The predicted molar refractivity (Wildman–Crippen MR) is 90.7 cm³/mol. The molecule has 0 aromatic carbocycles. The van der Waals surface area contributed by atoms with Gasteiger partial charge in [0.05, 0.1) is 6.54 Å². The van der Waals surface area contributed by atoms with Crippen LogP contribution in [0.4, 0.5) is 5.82 Å². The van der Waals surface area contributed by atoms with Gasteiger partial charge in [0.25, 0.3) is 10.2 Å². The molecule has 1 aliphatic carbocycles. The van der Waals surface area contributed by atoms with Gasteiger partial charge in [0.1, 0.15) is 0 Å². The maximum Gasteiger partial charge on any atom is 0.274 e. The van der Waals surface area contributed by atoms with E-state index in [4.69, 9.17) is 22.5 Å². The fourth-order valence-corrected chi connectivity index (χ4v) is 2.60. The smallest absolute Gasteiger partial charge is 0.274 e. The van der Waals surface area contributed by atoms with E-state index in [2.05, 4.69) is 30.0 Å². The summed E-state index contributed by atoms with van der Waals surface area (Å²) in [7, 11) is -3.74. The van der Waals surface area contributed by atoms with Crippen LogP contribution < -0.4 is 20.9 Å². The van der Waals surface area contributed by atoms with Crippen molar-refractivity contribution in [2.24, 2.45) is 15.9 Å². The quantitative estimate of drug-likeness (QED) is 0.278. The van der Waals surface area contributed by atoms with E-state index in [0.29, 0.717) is 11.6 Å². The molecule has 2 rings (SSSR count). The van der Waals surface area contributed by atoms with Crippen LogP contribution in [0.5, 0.6) is 0 Å². The number of aliphatic imine (C=N–C) groups is 1. The molecule has 0 saturated carbocycles. The average Bonchev–Trinajstić information content (AvgIpc) is 2.97. The molecule has 24 heavy (non-hydrogen) atoms. The monoisotopic (exact) mass is 375 g/mol. The summed E-state index contributed by atoms with van der Waals surface area (Å²) in [5.41, 5.74) is 7.22. The summed E-state index contributed by atoms with van der Waals surface area (Å²) in [5, 5.41) is 15.7. The molecule has 0 fully saturated rings. The first-order valence-corrected chi connectivity index (χ1v) is 8.97. The van der Waals surface area contributed by atoms with E-state index in [1.165, 1.54) is 0 Å². The number of hydrogen-bond acceptors (Lipinski definition) is 7. The number of rotatable bonds is 8. The Balaban J connectivity index is 1.93. The van der Waals surface area contributed by atoms with Crippen molar-refractivity contribution in [3.63, 3.8) is 0 Å². The molecule has 0 amide bonds. The van der Waals surface area contributed by atoms with Gasteiger partial charge in [0, 0.05) is 18.1 Å². The molecule has 0 atom stereocenters. The standard InChI is InChI=1S/C12H18ClN7O3S/c13-9-3-1-2-8(6-9)7-17-11(14)10-12(20-23-19-10)16-4-5-18-24(15,21)22/h3,6,18H,1-2,4-5,7H2,(H2,14,17)(H,16,20)(H2,15,21,22). The first kappa shape index (κ1) is 18.4. The van der Waals surface area contributed by atoms with Crippen LogP contribution in [0, 0.1) is 0 Å². The number of nitrogens with one attached hydrogen (secondary N) is 2. The lowest BCUT2D eigenvalue weighted by molar-refractivity contribution is 0.307. The van der Waals surface area contributed by atoms with E-state index in [1.54, 1.807) is 0 Å². The number of anilines is 1. The molecule has 0 radical (unpaired) electrons. The molecule has 10 nitrogen and oxygen atoms in total. The number of aromatic nitrogens is 2. The van der Waals surface area contributed by atoms with Gasteiger partial charge in [-0.2, -0.15) is 8.42 Å². The third-order valence-corrected chi connectivity index (χ3v) is 3.92. The highest BCUT2D eigenvalue weighted by Gasteiger charge is 2.14. The summed E-state index contributed by atoms with van der Waals surface area (Å²) in [5.74, 6) is 0.424. The van der Waals surface area contributed by atoms with Crippen molar-refractivity contribution in [1.82, 2.24) is 15.0 Å². The number of allylic oxidation sites excluding steroid dienone is 3. The number of nitrogens with two attached hydrogens (primary N) is 2. The van der Waals surface area contributed by atoms with Gasteiger partial charge in [0.15, 0.2) is 11.5 Å². The van der Waals surface area contributed by atoms with Crippen molar-refractivity contribution in [2.75, 3.05) is 25.0 Å². The van der Waals surface area contributed by atoms with Gasteiger partial charge in [-0.25, -0.2) is 14.5 Å². The third kappa shape index (κ3) is 5.92. The lowest BCUT2D eigenvalue weighted by Crippen LogP contribution is -2.34. The van der Waals surface area contributed by atoms with Crippen molar-refractivity contribution < 1.29 is 13.0 Å². The van der Waals surface area contributed by atoms with E-state index >= 15 is 0 Å². The number of hydrogen-bond donors (Lipinski definition) is 4. The molecule has 6 N–H and O–H groups in total. The lowest BCUT2D eigenvalue weighted by Gasteiger charge is -2.08. The molecule has 0 aliphatic heterocycles. The zero-order chi connectivity index (χ0) is 17.6. The highest BCUT2D eigenvalue weighted by molar-refractivity contribution is 7.87. The fourth-order valence-electron chi connectivity index (χ4n) is 1.95. The van der Waals surface area contributed by atoms with Crippen LogP contribution >= 0.6 is 11.6 Å². The molecule has 12 heteroatoms. The van der Waals surface area contributed by atoms with Gasteiger partial charge in [-0.15, -0.1) is 0 Å². The van der Waals surface area contributed by atoms with Gasteiger partial charge in [-0.3, -0.25) is 4.99 Å². The lowest BCUT2D eigenvalue weighted by atomic mass is 10.1. The SMILES string of the molecule is NC(=NCC1=CC(Cl)=CCC1)c1nonc1NCCNS(N)(=O)=O. The summed E-state index contributed by atoms with van der Waals surface area (Å²) in [4.78, 5) is 4.26. The Kier molecular flexibility index (Phi) is 6.31. The fraction of sp³-hybridized carbons (Fsp3) is 0.417. The number of halogens is 1. The first-order valence-electron chi connectivity index (χ1n) is 7.04. The highest BCUT2D eigenvalue weighted by Crippen LogP contribution is 2.20. The van der Waals surface area contributed by atoms with Crippen LogP contribution in [0.25, 0.3) is 0 Å². The van der Waals surface area contributed by atoms with Gasteiger partial charge < -0.3 is 11.1 Å². The summed E-state index contributed by atoms with van der Waals surface area (Å²) in [6.07, 6.45) is 5.54. The zero-order valence-electron chi connectivity index (χ0n) is 12.7. The zero-order valence-corrected chi connectivity index (χ0v) is 14.3. The van der Waals surface area contributed by atoms with Crippen molar-refractivity contribution in [3.8, 4) is 0 Å². The minimum absolute atomic E-state index is 0.0693. The molecule has 1 heterocycles. The molecule has 1 aliphatic rings. The average molecular weight is 376 g/mol. The predicted octanol–water partition coefficient (Wildman–Crippen LogP) is -0.177. The van der Waals surface area contributed by atoms with E-state index in [1.807, 2.05) is 12.2 Å². The molecule has 1 aromatic heterocycles. The molecule has 1 aromatic rings. The van der Waals surface area contributed by atoms with Crippen molar-refractivity contribution in [3.05, 3.63) is 28.5 Å². The van der Waals surface area contributed by atoms with Crippen molar-refractivity contribution >= 4 is 33.5 Å². The Morgan fingerprint density at radius 2 is 2.21 bits per heavy atom. The van der Waals surface area contributed by atoms with Crippen LogP contribution in [-0.4, -0.2) is 44.2 Å². The molecular formula is C12H18ClN7O3S. The summed E-state index contributed by atoms with van der Waals surface area (Å²) in [6, 6.07) is 0. The Labute approximate surface area is 144 Å².